The summed E-state index contributed by atoms with van der Waals surface area (Å²) in [5.74, 6) is 0.00282. The second-order valence-electron chi connectivity index (χ2n) is 2.51. The molecule has 0 aromatic carbocycles. The highest BCUT2D eigenvalue weighted by atomic mass is 32.1. The van der Waals surface area contributed by atoms with Gasteiger partial charge in [-0.15, -0.1) is 11.3 Å². The Morgan fingerprint density at radius 1 is 1.67 bits per heavy atom. The van der Waals surface area contributed by atoms with E-state index in [-0.39, 0.29) is 5.91 Å². The Morgan fingerprint density at radius 2 is 2.42 bits per heavy atom. The van der Waals surface area contributed by atoms with Crippen LogP contribution in [0.2, 0.25) is 0 Å². The molecule has 1 amide bonds. The highest BCUT2D eigenvalue weighted by molar-refractivity contribution is 7.14. The fraction of sp³-hybridized carbons (Fsp3) is 0.375. The molecule has 0 saturated carbocycles. The molecule has 2 N–H and O–H groups in total. The lowest BCUT2D eigenvalue weighted by atomic mass is 10.3. The van der Waals surface area contributed by atoms with E-state index in [1.165, 1.54) is 0 Å². The number of hydrogen-bond donors (Lipinski definition) is 2. The van der Waals surface area contributed by atoms with E-state index in [0.717, 1.165) is 10.6 Å². The van der Waals surface area contributed by atoms with E-state index < -0.39 is 0 Å². The third-order valence-electron chi connectivity index (χ3n) is 1.45. The van der Waals surface area contributed by atoms with Crippen LogP contribution >= 0.6 is 11.3 Å². The Kier molecular flexibility index (Phi) is 3.25. The number of aryl methyl sites for hydroxylation is 1. The van der Waals surface area contributed by atoms with Gasteiger partial charge < -0.3 is 10.6 Å². The quantitative estimate of drug-likeness (QED) is 0.741. The minimum absolute atomic E-state index is 0.00282. The first-order valence-corrected chi connectivity index (χ1v) is 4.60. The zero-order valence-corrected chi connectivity index (χ0v) is 7.99. The molecule has 1 rings (SSSR count). The molecule has 1 aromatic heterocycles. The maximum Gasteiger partial charge on any atom is 0.238 e. The average Bonchev–Trinajstić information content (AvgIpc) is 2.37. The first kappa shape index (κ1) is 9.22. The van der Waals surface area contributed by atoms with Gasteiger partial charge in [-0.1, -0.05) is 0 Å². The van der Waals surface area contributed by atoms with Crippen LogP contribution in [0.3, 0.4) is 0 Å². The van der Waals surface area contributed by atoms with Crippen molar-refractivity contribution in [3.8, 4) is 0 Å². The number of anilines is 1. The van der Waals surface area contributed by atoms with Crippen molar-refractivity contribution >= 4 is 22.2 Å². The summed E-state index contributed by atoms with van der Waals surface area (Å²) in [5, 5.41) is 8.50. The summed E-state index contributed by atoms with van der Waals surface area (Å²) in [4.78, 5) is 11.1. The molecule has 0 fully saturated rings. The van der Waals surface area contributed by atoms with E-state index in [1.807, 2.05) is 18.4 Å². The predicted octanol–water partition coefficient (Wildman–Crippen LogP) is 1.21. The van der Waals surface area contributed by atoms with E-state index in [0.29, 0.717) is 6.54 Å². The molecule has 0 unspecified atom stereocenters. The lowest BCUT2D eigenvalue weighted by Crippen LogP contribution is -2.24. The minimum Gasteiger partial charge on any atom is -0.316 e. The van der Waals surface area contributed by atoms with Crippen LogP contribution in [0.4, 0.5) is 5.00 Å². The average molecular weight is 184 g/mol. The van der Waals surface area contributed by atoms with Gasteiger partial charge in [0, 0.05) is 0 Å². The van der Waals surface area contributed by atoms with Gasteiger partial charge in [0.1, 0.15) is 0 Å². The van der Waals surface area contributed by atoms with Crippen molar-refractivity contribution in [2.45, 2.75) is 6.92 Å². The maximum atomic E-state index is 11.1. The lowest BCUT2D eigenvalue weighted by Gasteiger charge is -2.02. The van der Waals surface area contributed by atoms with E-state index in [1.54, 1.807) is 18.4 Å². The molecule has 4 heteroatoms. The van der Waals surface area contributed by atoms with Gasteiger partial charge in [-0.3, -0.25) is 4.79 Å². The molecule has 66 valence electrons. The third-order valence-corrected chi connectivity index (χ3v) is 2.38. The number of carbonyl (C=O) groups excluding carboxylic acids is 1. The van der Waals surface area contributed by atoms with Gasteiger partial charge >= 0.3 is 0 Å². The van der Waals surface area contributed by atoms with Gasteiger partial charge in [-0.05, 0) is 31.0 Å². The van der Waals surface area contributed by atoms with Crippen LogP contribution in [0, 0.1) is 6.92 Å². The SMILES string of the molecule is CNCC(=O)Nc1sccc1C. The first-order chi connectivity index (χ1) is 5.74. The van der Waals surface area contributed by atoms with Crippen molar-refractivity contribution in [2.24, 2.45) is 0 Å². The number of rotatable bonds is 3. The zero-order chi connectivity index (χ0) is 8.97. The number of thiophene rings is 1. The molecule has 0 saturated heterocycles. The molecule has 1 heterocycles. The molecular formula is C8H12N2OS. The van der Waals surface area contributed by atoms with Crippen LogP contribution in [0.25, 0.3) is 0 Å². The highest BCUT2D eigenvalue weighted by Crippen LogP contribution is 2.21. The van der Waals surface area contributed by atoms with E-state index in [4.69, 9.17) is 0 Å². The summed E-state index contributed by atoms with van der Waals surface area (Å²) in [6.07, 6.45) is 0. The van der Waals surface area contributed by atoms with E-state index >= 15 is 0 Å². The number of likely N-dealkylation sites (N-methyl/N-ethyl adjacent to an activating group) is 1. The molecule has 12 heavy (non-hydrogen) atoms. The van der Waals surface area contributed by atoms with Crippen LogP contribution in [0.15, 0.2) is 11.4 Å². The van der Waals surface area contributed by atoms with Crippen molar-refractivity contribution in [2.75, 3.05) is 18.9 Å². The molecule has 0 atom stereocenters. The summed E-state index contributed by atoms with van der Waals surface area (Å²) >= 11 is 1.54. The fourth-order valence-corrected chi connectivity index (χ4v) is 1.67. The van der Waals surface area contributed by atoms with Crippen LogP contribution in [-0.2, 0) is 4.79 Å². The Morgan fingerprint density at radius 3 is 2.92 bits per heavy atom. The van der Waals surface area contributed by atoms with E-state index in [2.05, 4.69) is 10.6 Å². The normalized spacial score (nSPS) is 9.83. The lowest BCUT2D eigenvalue weighted by molar-refractivity contribution is -0.115. The molecular weight excluding hydrogens is 172 g/mol. The molecule has 0 radical (unpaired) electrons. The molecule has 0 aliphatic rings. The van der Waals surface area contributed by atoms with Crippen molar-refractivity contribution in [3.05, 3.63) is 17.0 Å². The Hall–Kier alpha value is -0.870. The second-order valence-corrected chi connectivity index (χ2v) is 3.43. The topological polar surface area (TPSA) is 41.1 Å². The molecule has 0 bridgehead atoms. The summed E-state index contributed by atoms with van der Waals surface area (Å²) in [5.41, 5.74) is 1.12. The smallest absolute Gasteiger partial charge is 0.238 e. The summed E-state index contributed by atoms with van der Waals surface area (Å²) in [7, 11) is 1.75. The molecule has 3 nitrogen and oxygen atoms in total. The van der Waals surface area contributed by atoms with Gasteiger partial charge in [-0.25, -0.2) is 0 Å². The molecule has 1 aromatic rings. The van der Waals surface area contributed by atoms with Gasteiger partial charge in [0.25, 0.3) is 0 Å². The van der Waals surface area contributed by atoms with Gasteiger partial charge in [0.05, 0.1) is 11.5 Å². The number of carbonyl (C=O) groups is 1. The number of amides is 1. The Balaban J connectivity index is 2.52. The first-order valence-electron chi connectivity index (χ1n) is 3.72. The zero-order valence-electron chi connectivity index (χ0n) is 7.18. The molecule has 0 aliphatic carbocycles. The number of hydrogen-bond acceptors (Lipinski definition) is 3. The van der Waals surface area contributed by atoms with Crippen LogP contribution in [0.5, 0.6) is 0 Å². The van der Waals surface area contributed by atoms with Crippen LogP contribution in [-0.4, -0.2) is 19.5 Å². The maximum absolute atomic E-state index is 11.1. The summed E-state index contributed by atoms with van der Waals surface area (Å²) in [6.45, 7) is 2.34. The molecule has 0 aliphatic heterocycles. The van der Waals surface area contributed by atoms with Crippen molar-refractivity contribution < 1.29 is 4.79 Å². The predicted molar refractivity (Wildman–Crippen MR) is 51.6 cm³/mol. The largest absolute Gasteiger partial charge is 0.316 e. The van der Waals surface area contributed by atoms with Gasteiger partial charge in [0.2, 0.25) is 5.91 Å². The monoisotopic (exact) mass is 184 g/mol. The Bertz CT molecular complexity index is 270. The molecule has 0 spiro atoms. The van der Waals surface area contributed by atoms with E-state index in [9.17, 15) is 4.79 Å². The van der Waals surface area contributed by atoms with Crippen molar-refractivity contribution in [1.29, 1.82) is 0 Å². The standard InChI is InChI=1S/C8H12N2OS/c1-6-3-4-12-8(6)10-7(11)5-9-2/h3-4,9H,5H2,1-2H3,(H,10,11). The number of nitrogens with one attached hydrogen (secondary N) is 2. The van der Waals surface area contributed by atoms with Crippen LogP contribution in [0.1, 0.15) is 5.56 Å². The third kappa shape index (κ3) is 2.32. The van der Waals surface area contributed by atoms with Crippen molar-refractivity contribution in [3.63, 3.8) is 0 Å². The van der Waals surface area contributed by atoms with Crippen LogP contribution < -0.4 is 10.6 Å². The van der Waals surface area contributed by atoms with Gasteiger partial charge in [0.15, 0.2) is 0 Å². The second kappa shape index (κ2) is 4.23. The summed E-state index contributed by atoms with van der Waals surface area (Å²) < 4.78 is 0. The Labute approximate surface area is 75.8 Å². The summed E-state index contributed by atoms with van der Waals surface area (Å²) in [6, 6.07) is 1.99. The minimum atomic E-state index is 0.00282. The van der Waals surface area contributed by atoms with Gasteiger partial charge in [-0.2, -0.15) is 0 Å². The fourth-order valence-electron chi connectivity index (χ4n) is 0.832. The van der Waals surface area contributed by atoms with Crippen molar-refractivity contribution in [1.82, 2.24) is 5.32 Å². The highest BCUT2D eigenvalue weighted by Gasteiger charge is 2.03.